The van der Waals surface area contributed by atoms with Gasteiger partial charge in [-0.2, -0.15) is 18.2 Å². The number of halogens is 4. The third kappa shape index (κ3) is 5.90. The maximum Gasteiger partial charge on any atom is 0.416 e. The molecule has 0 aliphatic heterocycles. The Morgan fingerprint density at radius 3 is 2.55 bits per heavy atom. The van der Waals surface area contributed by atoms with Crippen LogP contribution in [0, 0.1) is 11.7 Å². The molecule has 2 aromatic carbocycles. The van der Waals surface area contributed by atoms with Gasteiger partial charge in [0.1, 0.15) is 5.82 Å². The maximum absolute atomic E-state index is 13.5. The average molecular weight is 435 g/mol. The first-order valence-corrected chi connectivity index (χ1v) is 9.68. The summed E-state index contributed by atoms with van der Waals surface area (Å²) in [6.45, 7) is 4.57. The van der Waals surface area contributed by atoms with Gasteiger partial charge >= 0.3 is 6.18 Å². The number of rotatable bonds is 7. The molecule has 3 rings (SSSR count). The lowest BCUT2D eigenvalue weighted by Crippen LogP contribution is -2.36. The smallest absolute Gasteiger partial charge is 0.339 e. The van der Waals surface area contributed by atoms with Gasteiger partial charge in [0.25, 0.3) is 5.91 Å². The number of carbonyl (C=O) groups excluding carboxylic acids is 1. The highest BCUT2D eigenvalue weighted by Crippen LogP contribution is 2.31. The minimum Gasteiger partial charge on any atom is -0.339 e. The van der Waals surface area contributed by atoms with E-state index in [9.17, 15) is 22.4 Å². The van der Waals surface area contributed by atoms with Gasteiger partial charge in [-0.25, -0.2) is 4.39 Å². The number of alkyl halides is 3. The summed E-state index contributed by atoms with van der Waals surface area (Å²) in [6, 6.07) is 10.1. The highest BCUT2D eigenvalue weighted by Gasteiger charge is 2.30. The van der Waals surface area contributed by atoms with E-state index in [1.165, 1.54) is 36.4 Å². The average Bonchev–Trinajstić information content (AvgIpc) is 3.19. The molecule has 164 valence electrons. The highest BCUT2D eigenvalue weighted by atomic mass is 19.4. The van der Waals surface area contributed by atoms with Crippen LogP contribution in [-0.2, 0) is 12.6 Å². The lowest BCUT2D eigenvalue weighted by molar-refractivity contribution is -0.137. The Kier molecular flexibility index (Phi) is 6.72. The highest BCUT2D eigenvalue weighted by molar-refractivity contribution is 5.94. The van der Waals surface area contributed by atoms with Gasteiger partial charge < -0.3 is 9.42 Å². The summed E-state index contributed by atoms with van der Waals surface area (Å²) in [4.78, 5) is 18.5. The van der Waals surface area contributed by atoms with E-state index in [1.54, 1.807) is 4.90 Å². The summed E-state index contributed by atoms with van der Waals surface area (Å²) < 4.78 is 57.4. The van der Waals surface area contributed by atoms with Crippen LogP contribution in [0.2, 0.25) is 0 Å². The lowest BCUT2D eigenvalue weighted by atomic mass is 10.1. The predicted octanol–water partition coefficient (Wildman–Crippen LogP) is 5.24. The second kappa shape index (κ2) is 9.28. The number of aromatic nitrogens is 2. The number of benzene rings is 2. The molecule has 0 spiro atoms. The lowest BCUT2D eigenvalue weighted by Gasteiger charge is -2.24. The third-order valence-electron chi connectivity index (χ3n) is 4.46. The number of hydrogen-bond donors (Lipinski definition) is 0. The number of nitrogens with zero attached hydrogens (tertiary/aromatic N) is 3. The van der Waals surface area contributed by atoms with Crippen molar-refractivity contribution in [3.05, 3.63) is 71.4 Å². The van der Waals surface area contributed by atoms with E-state index in [1.807, 2.05) is 13.8 Å². The van der Waals surface area contributed by atoms with Crippen LogP contribution in [0.3, 0.4) is 0 Å². The molecular formula is C22H21F4N3O2. The summed E-state index contributed by atoms with van der Waals surface area (Å²) in [5, 5.41) is 3.76. The SMILES string of the molecule is CC(C)CN(CCc1nc(-c2cccc(C(F)(F)F)c2)no1)C(=O)c1cccc(F)c1. The first-order chi connectivity index (χ1) is 14.6. The molecule has 0 aliphatic rings. The Morgan fingerprint density at radius 1 is 1.13 bits per heavy atom. The molecule has 0 bridgehead atoms. The van der Waals surface area contributed by atoms with Gasteiger partial charge in [-0.05, 0) is 36.2 Å². The van der Waals surface area contributed by atoms with Gasteiger partial charge in [-0.3, -0.25) is 4.79 Å². The van der Waals surface area contributed by atoms with Gasteiger partial charge in [0.05, 0.1) is 5.56 Å². The van der Waals surface area contributed by atoms with E-state index in [4.69, 9.17) is 4.52 Å². The van der Waals surface area contributed by atoms with E-state index < -0.39 is 17.6 Å². The van der Waals surface area contributed by atoms with E-state index in [2.05, 4.69) is 10.1 Å². The molecule has 1 aromatic heterocycles. The molecule has 0 saturated carbocycles. The fourth-order valence-electron chi connectivity index (χ4n) is 3.06. The summed E-state index contributed by atoms with van der Waals surface area (Å²) in [5.41, 5.74) is -0.393. The van der Waals surface area contributed by atoms with Crippen molar-refractivity contribution in [2.24, 2.45) is 5.92 Å². The van der Waals surface area contributed by atoms with Gasteiger partial charge in [0, 0.05) is 30.6 Å². The monoisotopic (exact) mass is 435 g/mol. The van der Waals surface area contributed by atoms with Crippen molar-refractivity contribution >= 4 is 5.91 Å². The molecule has 0 radical (unpaired) electrons. The van der Waals surface area contributed by atoms with E-state index in [0.717, 1.165) is 12.1 Å². The van der Waals surface area contributed by atoms with Crippen LogP contribution >= 0.6 is 0 Å². The Balaban J connectivity index is 1.73. The zero-order valence-electron chi connectivity index (χ0n) is 17.0. The van der Waals surface area contributed by atoms with Crippen LogP contribution in [-0.4, -0.2) is 34.0 Å². The largest absolute Gasteiger partial charge is 0.416 e. The topological polar surface area (TPSA) is 59.2 Å². The van der Waals surface area contributed by atoms with Gasteiger partial charge in [0.2, 0.25) is 11.7 Å². The second-order valence-electron chi connectivity index (χ2n) is 7.50. The summed E-state index contributed by atoms with van der Waals surface area (Å²) in [5.74, 6) is -0.439. The third-order valence-corrected chi connectivity index (χ3v) is 4.46. The van der Waals surface area contributed by atoms with Crippen LogP contribution in [0.15, 0.2) is 53.1 Å². The molecule has 5 nitrogen and oxygen atoms in total. The molecule has 31 heavy (non-hydrogen) atoms. The fraction of sp³-hybridized carbons (Fsp3) is 0.318. The van der Waals surface area contributed by atoms with Crippen LogP contribution in [0.4, 0.5) is 17.6 Å². The molecule has 1 amide bonds. The maximum atomic E-state index is 13.5. The van der Waals surface area contributed by atoms with Gasteiger partial charge in [0.15, 0.2) is 0 Å². The standard InChI is InChI=1S/C22H21F4N3O2/c1-14(2)13-29(21(30)16-6-4-8-18(23)12-16)10-9-19-27-20(28-31-19)15-5-3-7-17(11-15)22(24,25)26/h3-8,11-12,14H,9-10,13H2,1-2H3. The Bertz CT molecular complexity index is 1050. The second-order valence-corrected chi connectivity index (χ2v) is 7.50. The van der Waals surface area contributed by atoms with Gasteiger partial charge in [-0.1, -0.05) is 37.2 Å². The van der Waals surface area contributed by atoms with Crippen molar-refractivity contribution in [2.45, 2.75) is 26.4 Å². The van der Waals surface area contributed by atoms with Gasteiger partial charge in [-0.15, -0.1) is 0 Å². The minimum absolute atomic E-state index is 0.0352. The fourth-order valence-corrected chi connectivity index (χ4v) is 3.06. The molecular weight excluding hydrogens is 414 g/mol. The van der Waals surface area contributed by atoms with Crippen molar-refractivity contribution in [3.8, 4) is 11.4 Å². The Labute approximate surface area is 176 Å². The molecule has 0 saturated heterocycles. The van der Waals surface area contributed by atoms with E-state index >= 15 is 0 Å². The molecule has 0 unspecified atom stereocenters. The van der Waals surface area contributed by atoms with E-state index in [-0.39, 0.29) is 47.6 Å². The molecule has 1 heterocycles. The number of amides is 1. The molecule has 0 fully saturated rings. The molecule has 0 aliphatic carbocycles. The van der Waals surface area contributed by atoms with Crippen LogP contribution in [0.5, 0.6) is 0 Å². The van der Waals surface area contributed by atoms with Crippen molar-refractivity contribution in [1.29, 1.82) is 0 Å². The normalized spacial score (nSPS) is 11.7. The van der Waals surface area contributed by atoms with Crippen molar-refractivity contribution < 1.29 is 26.9 Å². The zero-order chi connectivity index (χ0) is 22.6. The predicted molar refractivity (Wildman–Crippen MR) is 106 cm³/mol. The van der Waals surface area contributed by atoms with Crippen molar-refractivity contribution in [2.75, 3.05) is 13.1 Å². The van der Waals surface area contributed by atoms with Crippen molar-refractivity contribution in [3.63, 3.8) is 0 Å². The van der Waals surface area contributed by atoms with Crippen LogP contribution < -0.4 is 0 Å². The van der Waals surface area contributed by atoms with Crippen LogP contribution in [0.1, 0.15) is 35.7 Å². The van der Waals surface area contributed by atoms with Crippen molar-refractivity contribution in [1.82, 2.24) is 15.0 Å². The zero-order valence-corrected chi connectivity index (χ0v) is 17.0. The summed E-state index contributed by atoms with van der Waals surface area (Å²) >= 11 is 0. The first kappa shape index (κ1) is 22.5. The molecule has 9 heteroatoms. The van der Waals surface area contributed by atoms with E-state index in [0.29, 0.717) is 6.54 Å². The molecule has 0 atom stereocenters. The number of hydrogen-bond acceptors (Lipinski definition) is 4. The summed E-state index contributed by atoms with van der Waals surface area (Å²) in [7, 11) is 0. The first-order valence-electron chi connectivity index (χ1n) is 9.68. The quantitative estimate of drug-likeness (QED) is 0.477. The molecule has 0 N–H and O–H groups in total. The summed E-state index contributed by atoms with van der Waals surface area (Å²) in [6.07, 6.45) is -4.27. The number of carbonyl (C=O) groups is 1. The van der Waals surface area contributed by atoms with Crippen LogP contribution in [0.25, 0.3) is 11.4 Å². The molecule has 3 aromatic rings. The minimum atomic E-state index is -4.48. The Hall–Kier alpha value is -3.23. The Morgan fingerprint density at radius 2 is 1.87 bits per heavy atom.